The molecule has 2 aromatic heterocycles. The first-order valence-electron chi connectivity index (χ1n) is 15.0. The first-order chi connectivity index (χ1) is 21.2. The SMILES string of the molecule is CN(C(=O)Cn1nc(Cl)cc1Nc1nccc(-c2cc(C#N)c3c(c2)[C@@](C)(CO[Si](C)(C)C(C)(C)C)CN3[B]C=O)n1)C1CC1. The normalized spacial score (nSPS) is 17.9. The van der Waals surface area contributed by atoms with E-state index >= 15 is 0 Å². The van der Waals surface area contributed by atoms with Crippen LogP contribution in [0.5, 0.6) is 0 Å². The van der Waals surface area contributed by atoms with Crippen LogP contribution in [-0.4, -0.2) is 78.7 Å². The number of hydrogen-bond acceptors (Lipinski definition) is 9. The Balaban J connectivity index is 1.46. The minimum Gasteiger partial charge on any atom is -0.416 e. The topological polar surface area (TPSA) is 129 Å². The van der Waals surface area contributed by atoms with E-state index < -0.39 is 13.7 Å². The number of carbonyl (C=O) groups is 2. The summed E-state index contributed by atoms with van der Waals surface area (Å²) in [6, 6.07) is 9.83. The summed E-state index contributed by atoms with van der Waals surface area (Å²) in [4.78, 5) is 37.1. The molecule has 1 radical (unpaired) electrons. The van der Waals surface area contributed by atoms with E-state index in [1.54, 1.807) is 36.3 Å². The maximum Gasteiger partial charge on any atom is 0.329 e. The third kappa shape index (κ3) is 6.78. The van der Waals surface area contributed by atoms with Crippen LogP contribution in [0.25, 0.3) is 11.3 Å². The molecule has 235 valence electrons. The Morgan fingerprint density at radius 3 is 2.71 bits per heavy atom. The Labute approximate surface area is 271 Å². The Kier molecular flexibility index (Phi) is 8.87. The molecule has 3 aromatic rings. The van der Waals surface area contributed by atoms with Crippen molar-refractivity contribution >= 4 is 56.9 Å². The number of amides is 1. The molecule has 0 bridgehead atoms. The van der Waals surface area contributed by atoms with Crippen LogP contribution in [0.4, 0.5) is 17.5 Å². The van der Waals surface area contributed by atoms with Crippen LogP contribution in [0.3, 0.4) is 0 Å². The number of fused-ring (bicyclic) bond motifs is 1. The summed E-state index contributed by atoms with van der Waals surface area (Å²) < 4.78 is 8.19. The van der Waals surface area contributed by atoms with Gasteiger partial charge in [-0.05, 0) is 54.7 Å². The number of carbonyl (C=O) groups excluding carboxylic acids is 2. The van der Waals surface area contributed by atoms with Crippen molar-refractivity contribution in [3.8, 4) is 17.3 Å². The fraction of sp³-hybridized carbons (Fsp3) is 0.484. The number of nitrogens with one attached hydrogen (secondary N) is 1. The zero-order valence-electron chi connectivity index (χ0n) is 26.9. The summed E-state index contributed by atoms with van der Waals surface area (Å²) in [6.45, 7) is 14.1. The smallest absolute Gasteiger partial charge is 0.329 e. The minimum absolute atomic E-state index is 0.0297. The lowest BCUT2D eigenvalue weighted by atomic mass is 9.83. The summed E-state index contributed by atoms with van der Waals surface area (Å²) in [5.74, 6) is 0.711. The van der Waals surface area contributed by atoms with Crippen LogP contribution in [0, 0.1) is 11.3 Å². The van der Waals surface area contributed by atoms with E-state index in [4.69, 9.17) is 21.0 Å². The van der Waals surface area contributed by atoms with Gasteiger partial charge >= 0.3 is 7.41 Å². The molecule has 14 heteroatoms. The fourth-order valence-corrected chi connectivity index (χ4v) is 6.57. The summed E-state index contributed by atoms with van der Waals surface area (Å²) >= 11 is 6.22. The van der Waals surface area contributed by atoms with E-state index in [1.165, 1.54) is 12.1 Å². The van der Waals surface area contributed by atoms with E-state index in [0.29, 0.717) is 35.9 Å². The Morgan fingerprint density at radius 1 is 1.33 bits per heavy atom. The molecule has 11 nitrogen and oxygen atoms in total. The maximum absolute atomic E-state index is 12.8. The van der Waals surface area contributed by atoms with E-state index in [2.05, 4.69) is 62.3 Å². The van der Waals surface area contributed by atoms with E-state index in [1.807, 2.05) is 10.9 Å². The van der Waals surface area contributed by atoms with Crippen molar-refractivity contribution in [3.05, 3.63) is 46.7 Å². The first-order valence-corrected chi connectivity index (χ1v) is 18.3. The van der Waals surface area contributed by atoms with Gasteiger partial charge in [0.05, 0.1) is 11.3 Å². The van der Waals surface area contributed by atoms with E-state index in [0.717, 1.165) is 30.2 Å². The van der Waals surface area contributed by atoms with Crippen molar-refractivity contribution < 1.29 is 14.0 Å². The Bertz CT molecular complexity index is 1670. The second-order valence-electron chi connectivity index (χ2n) is 13.7. The highest BCUT2D eigenvalue weighted by molar-refractivity contribution is 6.74. The number of nitriles is 1. The first kappa shape index (κ1) is 32.7. The monoisotopic (exact) mass is 645 g/mol. The fourth-order valence-electron chi connectivity index (χ4n) is 5.26. The standard InChI is InChI=1S/C31H39BClN8O3Si/c1-30(2,3)45(6,7)44-18-31(4)17-40(32-19-42)28-21(15-34)12-20(13-23(28)31)24-10-11-35-29(36-24)37-26-14-25(33)38-41(26)16-27(43)39(5)22-8-9-22/h10-14,19,22H,8-9,16-18H2,1-7H3,(H,35,36,37)/t31-/m1/s1. The number of rotatable bonds is 11. The molecule has 1 atom stereocenters. The number of nitrogens with zero attached hydrogens (tertiary/aromatic N) is 7. The summed E-state index contributed by atoms with van der Waals surface area (Å²) in [5.41, 5.74) is 2.91. The van der Waals surface area contributed by atoms with Gasteiger partial charge in [0.25, 0.3) is 0 Å². The van der Waals surface area contributed by atoms with Gasteiger partial charge in [-0.25, -0.2) is 14.6 Å². The molecular weight excluding hydrogens is 607 g/mol. The predicted molar refractivity (Wildman–Crippen MR) is 179 cm³/mol. The van der Waals surface area contributed by atoms with Gasteiger partial charge in [0.15, 0.2) is 13.5 Å². The van der Waals surface area contributed by atoms with Crippen molar-refractivity contribution in [3.63, 3.8) is 0 Å². The van der Waals surface area contributed by atoms with E-state index in [9.17, 15) is 14.9 Å². The van der Waals surface area contributed by atoms with Gasteiger partial charge in [-0.3, -0.25) is 4.79 Å². The van der Waals surface area contributed by atoms with Crippen molar-refractivity contribution in [2.75, 3.05) is 30.3 Å². The van der Waals surface area contributed by atoms with Crippen molar-refractivity contribution in [1.29, 1.82) is 5.26 Å². The summed E-state index contributed by atoms with van der Waals surface area (Å²) in [5, 5.41) is 17.9. The molecule has 5 rings (SSSR count). The number of halogens is 1. The molecule has 3 heterocycles. The minimum atomic E-state index is -2.08. The predicted octanol–water partition coefficient (Wildman–Crippen LogP) is 5.14. The second kappa shape index (κ2) is 12.2. The van der Waals surface area contributed by atoms with Crippen LogP contribution in [0.1, 0.15) is 51.7 Å². The molecule has 1 aromatic carbocycles. The molecule has 1 N–H and O–H groups in total. The maximum atomic E-state index is 12.8. The molecule has 0 saturated heterocycles. The summed E-state index contributed by atoms with van der Waals surface area (Å²) in [7, 11) is 1.20. The van der Waals surface area contributed by atoms with Gasteiger partial charge in [-0.2, -0.15) is 10.4 Å². The molecule has 2 aliphatic rings. The number of aromatic nitrogens is 4. The molecule has 0 spiro atoms. The van der Waals surface area contributed by atoms with Crippen LogP contribution in [0.2, 0.25) is 23.3 Å². The number of likely N-dealkylation sites (N-methyl/N-ethyl adjacent to an activating group) is 1. The lowest BCUT2D eigenvalue weighted by Crippen LogP contribution is -2.46. The third-order valence-electron chi connectivity index (χ3n) is 9.20. The van der Waals surface area contributed by atoms with Gasteiger partial charge in [-0.15, -0.1) is 0 Å². The molecule has 0 unspecified atom stereocenters. The zero-order valence-corrected chi connectivity index (χ0v) is 28.6. The molecule has 45 heavy (non-hydrogen) atoms. The van der Waals surface area contributed by atoms with Crippen LogP contribution >= 0.6 is 11.6 Å². The van der Waals surface area contributed by atoms with Gasteiger partial charge in [0, 0.05) is 55.2 Å². The van der Waals surface area contributed by atoms with Gasteiger partial charge < -0.3 is 24.2 Å². The molecule has 1 fully saturated rings. The summed E-state index contributed by atoms with van der Waals surface area (Å²) in [6.07, 6.45) is 4.40. The van der Waals surface area contributed by atoms with E-state index in [-0.39, 0.29) is 34.6 Å². The van der Waals surface area contributed by atoms with Crippen molar-refractivity contribution in [2.24, 2.45) is 0 Å². The van der Waals surface area contributed by atoms with Crippen LogP contribution < -0.4 is 10.1 Å². The molecule has 1 amide bonds. The third-order valence-corrected chi connectivity index (χ3v) is 13.9. The largest absolute Gasteiger partial charge is 0.416 e. The van der Waals surface area contributed by atoms with Crippen molar-refractivity contribution in [1.82, 2.24) is 24.6 Å². The zero-order chi connectivity index (χ0) is 32.7. The van der Waals surface area contributed by atoms with Gasteiger partial charge in [0.2, 0.25) is 11.9 Å². The van der Waals surface area contributed by atoms with Gasteiger partial charge in [-0.1, -0.05) is 39.3 Å². The van der Waals surface area contributed by atoms with Crippen LogP contribution in [0.15, 0.2) is 30.5 Å². The number of anilines is 3. The molecule has 1 aliphatic heterocycles. The number of hydrogen-bond donors (Lipinski definition) is 1. The lowest BCUT2D eigenvalue weighted by Gasteiger charge is -2.39. The molecule has 1 saturated carbocycles. The highest BCUT2D eigenvalue weighted by atomic mass is 35.5. The average Bonchev–Trinajstić information content (AvgIpc) is 3.72. The quantitative estimate of drug-likeness (QED) is 0.223. The second-order valence-corrected chi connectivity index (χ2v) is 18.9. The Morgan fingerprint density at radius 2 is 2.07 bits per heavy atom. The highest BCUT2D eigenvalue weighted by Crippen LogP contribution is 2.46. The molecule has 1 aliphatic carbocycles. The highest BCUT2D eigenvalue weighted by Gasteiger charge is 2.44. The number of benzene rings is 1. The molecular formula is C31H39BClN8O3Si. The Hall–Kier alpha value is -3.73. The lowest BCUT2D eigenvalue weighted by molar-refractivity contribution is -0.131. The van der Waals surface area contributed by atoms with Gasteiger partial charge in [0.1, 0.15) is 24.6 Å². The average molecular weight is 646 g/mol. The van der Waals surface area contributed by atoms with Crippen molar-refractivity contribution in [2.45, 2.75) is 76.7 Å². The van der Waals surface area contributed by atoms with Crippen LogP contribution in [-0.2, 0) is 26.0 Å².